The first-order chi connectivity index (χ1) is 10.1. The summed E-state index contributed by atoms with van der Waals surface area (Å²) in [4.78, 5) is 25.2. The topological polar surface area (TPSA) is 91.7 Å². The van der Waals surface area contributed by atoms with E-state index in [0.717, 1.165) is 4.90 Å². The van der Waals surface area contributed by atoms with E-state index < -0.39 is 17.5 Å². The van der Waals surface area contributed by atoms with E-state index >= 15 is 0 Å². The van der Waals surface area contributed by atoms with E-state index in [9.17, 15) is 9.59 Å². The first kappa shape index (κ1) is 13.2. The van der Waals surface area contributed by atoms with Gasteiger partial charge >= 0.3 is 6.03 Å². The van der Waals surface area contributed by atoms with Crippen molar-refractivity contribution in [2.24, 2.45) is 0 Å². The van der Waals surface area contributed by atoms with Crippen molar-refractivity contribution in [3.8, 4) is 17.6 Å². The van der Waals surface area contributed by atoms with Gasteiger partial charge in [0, 0.05) is 0 Å². The van der Waals surface area contributed by atoms with Gasteiger partial charge < -0.3 is 14.8 Å². The summed E-state index contributed by atoms with van der Waals surface area (Å²) in [5.74, 6) is 0.700. The van der Waals surface area contributed by atoms with Crippen LogP contribution in [0.5, 0.6) is 11.5 Å². The SMILES string of the molecule is C[C@@]1(c2ccc3c(c2)OCCO3)NC(=O)N(CC#N)C1=O. The number of amides is 3. The van der Waals surface area contributed by atoms with Crippen LogP contribution >= 0.6 is 0 Å². The summed E-state index contributed by atoms with van der Waals surface area (Å²) >= 11 is 0. The summed E-state index contributed by atoms with van der Waals surface area (Å²) in [5, 5.41) is 11.3. The second-order valence-corrected chi connectivity index (χ2v) is 4.96. The van der Waals surface area contributed by atoms with Crippen LogP contribution in [0.3, 0.4) is 0 Å². The van der Waals surface area contributed by atoms with Gasteiger partial charge in [-0.15, -0.1) is 0 Å². The molecule has 3 amide bonds. The van der Waals surface area contributed by atoms with Crippen LogP contribution in [-0.4, -0.2) is 36.6 Å². The third kappa shape index (κ3) is 1.96. The van der Waals surface area contributed by atoms with Crippen LogP contribution in [0.15, 0.2) is 18.2 Å². The van der Waals surface area contributed by atoms with Crippen LogP contribution in [0.4, 0.5) is 4.79 Å². The highest BCUT2D eigenvalue weighted by molar-refractivity contribution is 6.07. The standard InChI is InChI=1S/C14H13N3O4/c1-14(12(18)17(5-4-15)13(19)16-14)9-2-3-10-11(8-9)21-7-6-20-10/h2-3,8H,5-7H2,1H3,(H,16,19)/t14-/m0/s1. The summed E-state index contributed by atoms with van der Waals surface area (Å²) in [6.45, 7) is 2.25. The number of rotatable bonds is 2. The number of hydrogen-bond acceptors (Lipinski definition) is 5. The van der Waals surface area contributed by atoms with Crippen molar-refractivity contribution in [1.29, 1.82) is 5.26 Å². The maximum atomic E-state index is 12.4. The third-order valence-electron chi connectivity index (χ3n) is 3.62. The number of imide groups is 1. The quantitative estimate of drug-likeness (QED) is 0.640. The Morgan fingerprint density at radius 2 is 2.05 bits per heavy atom. The number of carbonyl (C=O) groups excluding carboxylic acids is 2. The molecule has 1 saturated heterocycles. The van der Waals surface area contributed by atoms with Gasteiger partial charge in [-0.05, 0) is 24.6 Å². The van der Waals surface area contributed by atoms with E-state index in [1.807, 2.05) is 6.07 Å². The summed E-state index contributed by atoms with van der Waals surface area (Å²) < 4.78 is 10.9. The molecule has 2 heterocycles. The Hall–Kier alpha value is -2.75. The van der Waals surface area contributed by atoms with Crippen LogP contribution in [0, 0.1) is 11.3 Å². The number of carbonyl (C=O) groups is 2. The molecule has 108 valence electrons. The molecule has 0 bridgehead atoms. The number of nitrogens with zero attached hydrogens (tertiary/aromatic N) is 2. The highest BCUT2D eigenvalue weighted by atomic mass is 16.6. The first-order valence-electron chi connectivity index (χ1n) is 6.47. The van der Waals surface area contributed by atoms with Gasteiger partial charge in [0.25, 0.3) is 5.91 Å². The fraction of sp³-hybridized carbons (Fsp3) is 0.357. The van der Waals surface area contributed by atoms with Crippen LogP contribution < -0.4 is 14.8 Å². The number of ether oxygens (including phenoxy) is 2. The number of benzene rings is 1. The fourth-order valence-electron chi connectivity index (χ4n) is 2.46. The predicted octanol–water partition coefficient (Wildman–Crippen LogP) is 0.748. The third-order valence-corrected chi connectivity index (χ3v) is 3.62. The minimum absolute atomic E-state index is 0.273. The number of nitrogens with one attached hydrogen (secondary N) is 1. The predicted molar refractivity (Wildman–Crippen MR) is 70.6 cm³/mol. The van der Waals surface area contributed by atoms with Gasteiger partial charge in [-0.2, -0.15) is 5.26 Å². The molecule has 1 fully saturated rings. The average Bonchev–Trinajstić information content (AvgIpc) is 2.71. The summed E-state index contributed by atoms with van der Waals surface area (Å²) in [6.07, 6.45) is 0. The smallest absolute Gasteiger partial charge is 0.326 e. The molecule has 1 aromatic carbocycles. The molecule has 1 aromatic rings. The van der Waals surface area contributed by atoms with E-state index in [-0.39, 0.29) is 6.54 Å². The van der Waals surface area contributed by atoms with Crippen LogP contribution in [-0.2, 0) is 10.3 Å². The Bertz CT molecular complexity index is 667. The lowest BCUT2D eigenvalue weighted by Gasteiger charge is -2.25. The molecule has 21 heavy (non-hydrogen) atoms. The highest BCUT2D eigenvalue weighted by Crippen LogP contribution is 2.36. The highest BCUT2D eigenvalue weighted by Gasteiger charge is 2.49. The van der Waals surface area contributed by atoms with Gasteiger partial charge in [0.1, 0.15) is 25.3 Å². The van der Waals surface area contributed by atoms with Crippen LogP contribution in [0.2, 0.25) is 0 Å². The molecule has 0 saturated carbocycles. The zero-order valence-corrected chi connectivity index (χ0v) is 11.4. The van der Waals surface area contributed by atoms with Crippen molar-refractivity contribution >= 4 is 11.9 Å². The van der Waals surface area contributed by atoms with Crippen LogP contribution in [0.1, 0.15) is 12.5 Å². The van der Waals surface area contributed by atoms with Crippen molar-refractivity contribution in [3.63, 3.8) is 0 Å². The molecule has 1 atom stereocenters. The second-order valence-electron chi connectivity index (χ2n) is 4.96. The van der Waals surface area contributed by atoms with E-state index in [1.54, 1.807) is 25.1 Å². The van der Waals surface area contributed by atoms with E-state index in [0.29, 0.717) is 30.3 Å². The summed E-state index contributed by atoms with van der Waals surface area (Å²) in [5.41, 5.74) is -0.616. The van der Waals surface area contributed by atoms with Crippen molar-refractivity contribution < 1.29 is 19.1 Å². The average molecular weight is 287 g/mol. The van der Waals surface area contributed by atoms with Crippen molar-refractivity contribution in [1.82, 2.24) is 10.2 Å². The van der Waals surface area contributed by atoms with E-state index in [4.69, 9.17) is 14.7 Å². The Kier molecular flexibility index (Phi) is 2.94. The van der Waals surface area contributed by atoms with Gasteiger partial charge in [-0.25, -0.2) is 9.69 Å². The number of nitriles is 1. The largest absolute Gasteiger partial charge is 0.486 e. The van der Waals surface area contributed by atoms with E-state index in [2.05, 4.69) is 5.32 Å². The van der Waals surface area contributed by atoms with Gasteiger partial charge in [0.2, 0.25) is 0 Å². The van der Waals surface area contributed by atoms with Gasteiger partial charge in [-0.1, -0.05) is 6.07 Å². The Morgan fingerprint density at radius 3 is 2.76 bits per heavy atom. The van der Waals surface area contributed by atoms with Crippen LogP contribution in [0.25, 0.3) is 0 Å². The first-order valence-corrected chi connectivity index (χ1v) is 6.47. The molecule has 0 aromatic heterocycles. The maximum Gasteiger partial charge on any atom is 0.326 e. The molecular weight excluding hydrogens is 274 g/mol. The van der Waals surface area contributed by atoms with Gasteiger partial charge in [0.05, 0.1) is 6.07 Å². The normalized spacial score (nSPS) is 23.7. The maximum absolute atomic E-state index is 12.4. The molecule has 2 aliphatic rings. The molecule has 7 heteroatoms. The van der Waals surface area contributed by atoms with Crippen molar-refractivity contribution in [2.45, 2.75) is 12.5 Å². The molecule has 7 nitrogen and oxygen atoms in total. The lowest BCUT2D eigenvalue weighted by atomic mass is 9.91. The fourth-order valence-corrected chi connectivity index (χ4v) is 2.46. The second kappa shape index (κ2) is 4.66. The summed E-state index contributed by atoms with van der Waals surface area (Å²) in [7, 11) is 0. The number of hydrogen-bond donors (Lipinski definition) is 1. The zero-order chi connectivity index (χ0) is 15.0. The number of fused-ring (bicyclic) bond motifs is 1. The van der Waals surface area contributed by atoms with Crippen molar-refractivity contribution in [3.05, 3.63) is 23.8 Å². The minimum Gasteiger partial charge on any atom is -0.486 e. The Balaban J connectivity index is 1.98. The molecule has 2 aliphatic heterocycles. The van der Waals surface area contributed by atoms with Crippen molar-refractivity contribution in [2.75, 3.05) is 19.8 Å². The minimum atomic E-state index is -1.20. The van der Waals surface area contributed by atoms with E-state index in [1.165, 1.54) is 0 Å². The lowest BCUT2D eigenvalue weighted by Crippen LogP contribution is -2.41. The molecule has 0 radical (unpaired) electrons. The molecular formula is C14H13N3O4. The lowest BCUT2D eigenvalue weighted by molar-refractivity contribution is -0.130. The molecule has 3 rings (SSSR count). The zero-order valence-electron chi connectivity index (χ0n) is 11.4. The molecule has 0 unspecified atom stereocenters. The molecule has 1 N–H and O–H groups in total. The molecule has 0 spiro atoms. The summed E-state index contributed by atoms with van der Waals surface area (Å²) in [6, 6.07) is 6.34. The Morgan fingerprint density at radius 1 is 1.33 bits per heavy atom. The number of urea groups is 1. The Labute approximate surface area is 121 Å². The molecule has 0 aliphatic carbocycles. The van der Waals surface area contributed by atoms with Gasteiger partial charge in [0.15, 0.2) is 11.5 Å². The van der Waals surface area contributed by atoms with Gasteiger partial charge in [-0.3, -0.25) is 4.79 Å². The monoisotopic (exact) mass is 287 g/mol.